The first-order chi connectivity index (χ1) is 35.0. The van der Waals surface area contributed by atoms with Crippen LogP contribution in [-0.4, -0.2) is 126 Å². The number of rotatable bonds is 18. The second-order valence-corrected chi connectivity index (χ2v) is 23.7. The van der Waals surface area contributed by atoms with Gasteiger partial charge in [-0.2, -0.15) is 0 Å². The van der Waals surface area contributed by atoms with E-state index in [2.05, 4.69) is 16.0 Å². The summed E-state index contributed by atoms with van der Waals surface area (Å²) >= 11 is 17.3. The van der Waals surface area contributed by atoms with Gasteiger partial charge in [-0.15, -0.1) is 0 Å². The molecule has 2 fully saturated rings. The van der Waals surface area contributed by atoms with Crippen molar-refractivity contribution in [2.24, 2.45) is 33.8 Å². The lowest BCUT2D eigenvalue weighted by molar-refractivity contribution is -0.304. The van der Waals surface area contributed by atoms with Crippen LogP contribution in [0.5, 0.6) is 0 Å². The van der Waals surface area contributed by atoms with Gasteiger partial charge in [-0.25, -0.2) is 4.79 Å². The predicted molar refractivity (Wildman–Crippen MR) is 297 cm³/mol. The zero-order valence-electron chi connectivity index (χ0n) is 46.6. The fourth-order valence-corrected chi connectivity index (χ4v) is 7.71. The summed E-state index contributed by atoms with van der Waals surface area (Å²) in [5.74, 6) is -3.43. The summed E-state index contributed by atoms with van der Waals surface area (Å²) in [4.78, 5) is 71.3. The second kappa shape index (κ2) is 31.3. The molecule has 77 heavy (non-hydrogen) atoms. The average molecular weight is 1140 g/mol. The first kappa shape index (κ1) is 70.4. The van der Waals surface area contributed by atoms with Crippen molar-refractivity contribution >= 4 is 70.1 Å². The quantitative estimate of drug-likeness (QED) is 0.0588. The number of nitrogens with one attached hydrogen (secondary N) is 3. The van der Waals surface area contributed by atoms with E-state index < -0.39 is 52.6 Å². The highest BCUT2D eigenvalue weighted by Crippen LogP contribution is 2.36. The van der Waals surface area contributed by atoms with Gasteiger partial charge in [-0.05, 0) is 88.9 Å². The molecule has 2 aliphatic heterocycles. The third-order valence-corrected chi connectivity index (χ3v) is 12.7. The van der Waals surface area contributed by atoms with Crippen molar-refractivity contribution < 1.29 is 67.7 Å². The number of ether oxygens (including phenoxy) is 4. The molecule has 3 amide bonds. The summed E-state index contributed by atoms with van der Waals surface area (Å²) in [6.45, 7) is 25.6. The van der Waals surface area contributed by atoms with E-state index in [0.717, 1.165) is 0 Å². The molecule has 0 saturated carbocycles. The number of aromatic carboxylic acids is 1. The third kappa shape index (κ3) is 25.0. The maximum atomic E-state index is 12.6. The van der Waals surface area contributed by atoms with Gasteiger partial charge >= 0.3 is 5.97 Å². The first-order valence-electron chi connectivity index (χ1n) is 25.1. The highest BCUT2D eigenvalue weighted by atomic mass is 35.5. The normalized spacial score (nSPS) is 19.3. The summed E-state index contributed by atoms with van der Waals surface area (Å²) in [7, 11) is 0. The Bertz CT molecular complexity index is 2420. The number of carboxylic acid groups (broad SMARTS) is 1. The highest BCUT2D eigenvalue weighted by molar-refractivity contribution is 6.31. The number of Topliss-reactive ketones (excluding diaryl/α,β-unsaturated/α-hetero) is 2. The molecule has 5 rings (SSSR count). The van der Waals surface area contributed by atoms with Crippen LogP contribution >= 0.6 is 34.8 Å². The van der Waals surface area contributed by atoms with Crippen molar-refractivity contribution in [3.05, 3.63) is 105 Å². The molecule has 3 aromatic carbocycles. The molecular formula is C56H82Cl3FN4O13. The number of aliphatic hydroxyl groups excluding tert-OH is 2. The maximum Gasteiger partial charge on any atom is 0.335 e. The van der Waals surface area contributed by atoms with Gasteiger partial charge in [0.15, 0.2) is 23.1 Å². The molecule has 2 saturated heterocycles. The SMILES string of the molecule is C[C@@H](CNC(=O)[C@@H]1OC(C)(C)OCC1(C)C)CC(=O)c1cccc(Cl)c1.C[C@@H](CNC(=O)[C@H](O)C(C)(C)CO)CC(=O)c1cccc(Cl)c1.C[C@H](N)CNC(=O)[C@@H]1OC(C)(C)OCC1(C)C.F.O=C(O)c1cccc(Cl)c1. The van der Waals surface area contributed by atoms with Crippen LogP contribution in [-0.2, 0) is 33.3 Å². The number of carbonyl (C=O) groups excluding carboxylic acids is 5. The van der Waals surface area contributed by atoms with Crippen molar-refractivity contribution in [3.63, 3.8) is 0 Å². The lowest BCUT2D eigenvalue weighted by Crippen LogP contribution is -2.57. The number of carbonyl (C=O) groups is 6. The lowest BCUT2D eigenvalue weighted by Gasteiger charge is -2.44. The fourth-order valence-electron chi connectivity index (χ4n) is 7.14. The molecule has 17 nitrogen and oxygen atoms in total. The number of ketones is 2. The molecule has 21 heteroatoms. The van der Waals surface area contributed by atoms with Crippen LogP contribution in [0.25, 0.3) is 0 Å². The van der Waals surface area contributed by atoms with Gasteiger partial charge in [0.2, 0.25) is 17.7 Å². The highest BCUT2D eigenvalue weighted by Gasteiger charge is 2.47. The van der Waals surface area contributed by atoms with Crippen LogP contribution in [0.2, 0.25) is 15.1 Å². The number of amides is 3. The van der Waals surface area contributed by atoms with E-state index in [1.54, 1.807) is 88.4 Å². The Balaban J connectivity index is 0.000000534. The standard InChI is InChI=1S/C20H28ClNO4.C17H24ClNO4.C12H24N2O3.C7H5ClO2.FH/c1-13(9-16(23)14-7-6-8-15(21)10-14)11-22-18(24)17-19(2,3)12-25-20(4,5)26-17;1-11(7-14(21)12-5-4-6-13(18)8-12)9-19-16(23)15(22)17(2,3)10-20;1-8(13)6-14-10(15)9-11(2,3)7-16-12(4,5)17-9;8-6-3-1-2-5(4-6)7(9)10;/h6-8,10,13,17H,9,11-12H2,1-5H3,(H,22,24);4-6,8,11,15,20,22H,7,9-10H2,1-3H3,(H,19,23);8-9H,6-7,13H2,1-5H3,(H,14,15);1-4H,(H,9,10);1H/t13-,17+;11-,15+;8-,9-;;/m110../s1. The predicted octanol–water partition coefficient (Wildman–Crippen LogP) is 8.71. The Morgan fingerprint density at radius 1 is 0.636 bits per heavy atom. The van der Waals surface area contributed by atoms with Crippen molar-refractivity contribution in [1.29, 1.82) is 0 Å². The van der Waals surface area contributed by atoms with Crippen LogP contribution in [0.3, 0.4) is 0 Å². The van der Waals surface area contributed by atoms with Gasteiger partial charge in [0.25, 0.3) is 0 Å². The molecule has 8 N–H and O–H groups in total. The van der Waals surface area contributed by atoms with Crippen molar-refractivity contribution in [1.82, 2.24) is 16.0 Å². The summed E-state index contributed by atoms with van der Waals surface area (Å²) in [6, 6.07) is 19.7. The van der Waals surface area contributed by atoms with Gasteiger partial charge in [0.1, 0.15) is 18.3 Å². The van der Waals surface area contributed by atoms with E-state index in [1.165, 1.54) is 12.1 Å². The molecule has 0 spiro atoms. The Hall–Kier alpha value is -4.60. The van der Waals surface area contributed by atoms with Crippen LogP contribution in [0, 0.1) is 28.1 Å². The number of carboxylic acids is 1. The first-order valence-corrected chi connectivity index (χ1v) is 26.2. The molecule has 6 atom stereocenters. The molecule has 0 unspecified atom stereocenters. The van der Waals surface area contributed by atoms with Gasteiger partial charge in [-0.1, -0.05) is 121 Å². The second-order valence-electron chi connectivity index (χ2n) is 22.4. The Morgan fingerprint density at radius 2 is 0.987 bits per heavy atom. The smallest absolute Gasteiger partial charge is 0.335 e. The van der Waals surface area contributed by atoms with Gasteiger partial charge in [-0.3, -0.25) is 28.7 Å². The molecule has 2 aliphatic rings. The Morgan fingerprint density at radius 3 is 1.32 bits per heavy atom. The van der Waals surface area contributed by atoms with Crippen LogP contribution in [0.1, 0.15) is 134 Å². The van der Waals surface area contributed by atoms with Gasteiger partial charge in [0.05, 0.1) is 25.4 Å². The van der Waals surface area contributed by atoms with E-state index in [0.29, 0.717) is 58.9 Å². The van der Waals surface area contributed by atoms with Crippen molar-refractivity contribution in [2.75, 3.05) is 39.5 Å². The Labute approximate surface area is 468 Å². The molecule has 432 valence electrons. The number of aliphatic hydroxyl groups is 2. The van der Waals surface area contributed by atoms with Gasteiger partial charge in [0, 0.05) is 81.0 Å². The van der Waals surface area contributed by atoms with E-state index in [1.807, 2.05) is 62.3 Å². The number of hydrogen-bond donors (Lipinski definition) is 7. The van der Waals surface area contributed by atoms with E-state index in [-0.39, 0.29) is 76.5 Å². The van der Waals surface area contributed by atoms with Crippen LogP contribution in [0.15, 0.2) is 72.8 Å². The third-order valence-electron chi connectivity index (χ3n) is 12.0. The molecule has 2 heterocycles. The van der Waals surface area contributed by atoms with E-state index in [9.17, 15) is 33.9 Å². The van der Waals surface area contributed by atoms with E-state index >= 15 is 0 Å². The number of hydrogen-bond acceptors (Lipinski definition) is 13. The number of halogens is 4. The topological polar surface area (TPSA) is 262 Å². The average Bonchev–Trinajstić information content (AvgIpc) is 3.33. The molecule has 0 aromatic heterocycles. The molecule has 0 radical (unpaired) electrons. The van der Waals surface area contributed by atoms with Crippen LogP contribution in [0.4, 0.5) is 4.70 Å². The molecule has 0 aliphatic carbocycles. The van der Waals surface area contributed by atoms with E-state index in [4.69, 9.17) is 69.7 Å². The summed E-state index contributed by atoms with van der Waals surface area (Å²) in [6.07, 6.45) is -1.81. The summed E-state index contributed by atoms with van der Waals surface area (Å²) < 4.78 is 22.7. The zero-order chi connectivity index (χ0) is 58.0. The minimum absolute atomic E-state index is 0. The molecular weight excluding hydrogens is 1060 g/mol. The van der Waals surface area contributed by atoms with Gasteiger partial charge < -0.3 is 56.0 Å². The summed E-state index contributed by atoms with van der Waals surface area (Å²) in [5, 5.41) is 37.3. The minimum atomic E-state index is -1.30. The van der Waals surface area contributed by atoms with Crippen molar-refractivity contribution in [2.45, 2.75) is 139 Å². The fraction of sp³-hybridized carbons (Fsp3) is 0.571. The molecule has 0 bridgehead atoms. The maximum absolute atomic E-state index is 12.6. The molecule has 3 aromatic rings. The summed E-state index contributed by atoms with van der Waals surface area (Å²) in [5.41, 5.74) is 5.29. The number of benzene rings is 3. The number of nitrogens with two attached hydrogens (primary N) is 1. The van der Waals surface area contributed by atoms with Crippen molar-refractivity contribution in [3.8, 4) is 0 Å². The zero-order valence-corrected chi connectivity index (χ0v) is 48.9. The lowest BCUT2D eigenvalue weighted by atomic mass is 9.85. The van der Waals surface area contributed by atoms with Crippen LogP contribution < -0.4 is 21.7 Å². The Kier molecular flexibility index (Phi) is 28.6. The minimum Gasteiger partial charge on any atom is -0.478 e. The largest absolute Gasteiger partial charge is 0.478 e. The monoisotopic (exact) mass is 1140 g/mol.